The van der Waals surface area contributed by atoms with Crippen LogP contribution in [0.4, 0.5) is 0 Å². The van der Waals surface area contributed by atoms with Crippen molar-refractivity contribution >= 4 is 11.6 Å². The fourth-order valence-electron chi connectivity index (χ4n) is 2.77. The van der Waals surface area contributed by atoms with Crippen molar-refractivity contribution in [1.82, 2.24) is 4.90 Å². The van der Waals surface area contributed by atoms with Crippen molar-refractivity contribution in [2.45, 2.75) is 39.0 Å². The zero-order valence-corrected chi connectivity index (χ0v) is 13.7. The van der Waals surface area contributed by atoms with E-state index in [0.717, 1.165) is 37.5 Å². The lowest BCUT2D eigenvalue weighted by molar-refractivity contribution is 0.100. The van der Waals surface area contributed by atoms with Crippen LogP contribution in [0.1, 0.15) is 49.4 Å². The van der Waals surface area contributed by atoms with Crippen molar-refractivity contribution < 1.29 is 9.53 Å². The first kappa shape index (κ1) is 16.5. The summed E-state index contributed by atoms with van der Waals surface area (Å²) in [5.74, 6) is 1.94. The average Bonchev–Trinajstić information content (AvgIpc) is 2.78. The molecule has 0 saturated carbocycles. The Kier molecular flexibility index (Phi) is 6.44. The van der Waals surface area contributed by atoms with Crippen LogP contribution in [0.3, 0.4) is 0 Å². The molecule has 1 aliphatic heterocycles. The Bertz CT molecular complexity index is 508. The van der Waals surface area contributed by atoms with Gasteiger partial charge >= 0.3 is 0 Å². The summed E-state index contributed by atoms with van der Waals surface area (Å²) in [4.78, 5) is 19.3. The summed E-state index contributed by atoms with van der Waals surface area (Å²) in [6.07, 6.45) is 5.77. The van der Waals surface area contributed by atoms with Crippen LogP contribution < -0.4 is 4.74 Å². The number of ether oxygens (including phenoxy) is 1. The van der Waals surface area contributed by atoms with Gasteiger partial charge in [0, 0.05) is 25.1 Å². The zero-order valence-electron chi connectivity index (χ0n) is 13.7. The van der Waals surface area contributed by atoms with E-state index in [9.17, 15) is 4.79 Å². The minimum atomic E-state index is 0.0656. The summed E-state index contributed by atoms with van der Waals surface area (Å²) in [7, 11) is 1.62. The van der Waals surface area contributed by atoms with Crippen molar-refractivity contribution in [2.24, 2.45) is 4.99 Å². The Labute approximate surface area is 133 Å². The molecule has 0 unspecified atom stereocenters. The van der Waals surface area contributed by atoms with Gasteiger partial charge in [0.25, 0.3) is 0 Å². The van der Waals surface area contributed by atoms with Crippen molar-refractivity contribution in [3.8, 4) is 5.75 Å². The molecule has 0 atom stereocenters. The second-order valence-corrected chi connectivity index (χ2v) is 5.68. The molecule has 0 spiro atoms. The smallest absolute Gasteiger partial charge is 0.184 e. The van der Waals surface area contributed by atoms with Crippen LogP contribution in [0.25, 0.3) is 0 Å². The summed E-state index contributed by atoms with van der Waals surface area (Å²) < 4.78 is 5.11. The van der Waals surface area contributed by atoms with Gasteiger partial charge < -0.3 is 9.64 Å². The van der Waals surface area contributed by atoms with Crippen LogP contribution in [-0.2, 0) is 0 Å². The molecule has 2 rings (SSSR count). The van der Waals surface area contributed by atoms with Crippen LogP contribution in [0.5, 0.6) is 5.75 Å². The van der Waals surface area contributed by atoms with Crippen LogP contribution in [-0.4, -0.2) is 43.3 Å². The molecule has 22 heavy (non-hydrogen) atoms. The summed E-state index contributed by atoms with van der Waals surface area (Å²) in [6.45, 7) is 4.53. The van der Waals surface area contributed by atoms with Crippen LogP contribution in [0.15, 0.2) is 29.3 Å². The maximum atomic E-state index is 12.3. The van der Waals surface area contributed by atoms with E-state index >= 15 is 0 Å². The number of likely N-dealkylation sites (tertiary alicyclic amines) is 1. The van der Waals surface area contributed by atoms with E-state index in [1.807, 2.05) is 12.1 Å². The normalized spacial score (nSPS) is 17.4. The number of amidine groups is 1. The number of carbonyl (C=O) groups is 1. The van der Waals surface area contributed by atoms with Gasteiger partial charge in [-0.15, -0.1) is 0 Å². The SMILES string of the molecule is CCCN1CCCCC/C1=N\CC(=O)c1ccc(OC)cc1. The van der Waals surface area contributed by atoms with Crippen LogP contribution >= 0.6 is 0 Å². The molecular formula is C18H26N2O2. The Morgan fingerprint density at radius 2 is 2.00 bits per heavy atom. The van der Waals surface area contributed by atoms with E-state index in [-0.39, 0.29) is 12.3 Å². The highest BCUT2D eigenvalue weighted by atomic mass is 16.5. The number of methoxy groups -OCH3 is 1. The monoisotopic (exact) mass is 302 g/mol. The number of Topliss-reactive ketones (excluding diaryl/α,β-unsaturated/α-hetero) is 1. The van der Waals surface area contributed by atoms with Crippen molar-refractivity contribution in [2.75, 3.05) is 26.7 Å². The lowest BCUT2D eigenvalue weighted by Gasteiger charge is -2.23. The van der Waals surface area contributed by atoms with E-state index in [1.165, 1.54) is 19.3 Å². The summed E-state index contributed by atoms with van der Waals surface area (Å²) in [5.41, 5.74) is 0.695. The summed E-state index contributed by atoms with van der Waals surface area (Å²) >= 11 is 0. The first-order valence-electron chi connectivity index (χ1n) is 8.20. The van der Waals surface area contributed by atoms with E-state index in [4.69, 9.17) is 4.74 Å². The highest BCUT2D eigenvalue weighted by molar-refractivity contribution is 5.99. The van der Waals surface area contributed by atoms with Crippen molar-refractivity contribution in [3.63, 3.8) is 0 Å². The van der Waals surface area contributed by atoms with Crippen LogP contribution in [0, 0.1) is 0 Å². The molecule has 0 N–H and O–H groups in total. The molecule has 0 aromatic heterocycles. The highest BCUT2D eigenvalue weighted by Crippen LogP contribution is 2.14. The van der Waals surface area contributed by atoms with Gasteiger partial charge in [0.2, 0.25) is 0 Å². The first-order chi connectivity index (χ1) is 10.7. The quantitative estimate of drug-likeness (QED) is 0.755. The molecule has 1 fully saturated rings. The van der Waals surface area contributed by atoms with Crippen molar-refractivity contribution in [3.05, 3.63) is 29.8 Å². The number of aliphatic imine (C=N–C) groups is 1. The minimum Gasteiger partial charge on any atom is -0.497 e. The lowest BCUT2D eigenvalue weighted by atomic mass is 10.1. The largest absolute Gasteiger partial charge is 0.497 e. The molecule has 0 bridgehead atoms. The van der Waals surface area contributed by atoms with Gasteiger partial charge in [0.1, 0.15) is 12.3 Å². The van der Waals surface area contributed by atoms with Gasteiger partial charge in [-0.1, -0.05) is 13.3 Å². The van der Waals surface area contributed by atoms with Crippen molar-refractivity contribution in [1.29, 1.82) is 0 Å². The van der Waals surface area contributed by atoms with Gasteiger partial charge in [0.05, 0.1) is 12.9 Å². The molecule has 1 aromatic carbocycles. The number of ketones is 1. The molecule has 0 amide bonds. The predicted molar refractivity (Wildman–Crippen MR) is 90.0 cm³/mol. The number of hydrogen-bond acceptors (Lipinski definition) is 3. The number of benzene rings is 1. The molecule has 1 aromatic rings. The first-order valence-corrected chi connectivity index (χ1v) is 8.20. The second-order valence-electron chi connectivity index (χ2n) is 5.68. The van der Waals surface area contributed by atoms with Gasteiger partial charge in [0.15, 0.2) is 5.78 Å². The third-order valence-corrected chi connectivity index (χ3v) is 4.00. The topological polar surface area (TPSA) is 41.9 Å². The third-order valence-electron chi connectivity index (χ3n) is 4.00. The number of hydrogen-bond donors (Lipinski definition) is 0. The number of nitrogens with zero attached hydrogens (tertiary/aromatic N) is 2. The van der Waals surface area contributed by atoms with Gasteiger partial charge in [-0.2, -0.15) is 0 Å². The lowest BCUT2D eigenvalue weighted by Crippen LogP contribution is -2.31. The summed E-state index contributed by atoms with van der Waals surface area (Å²) in [5, 5.41) is 0. The molecule has 1 aliphatic rings. The molecule has 1 saturated heterocycles. The molecule has 0 radical (unpaired) electrons. The van der Waals surface area contributed by atoms with Gasteiger partial charge in [-0.25, -0.2) is 0 Å². The molecule has 0 aliphatic carbocycles. The van der Waals surface area contributed by atoms with E-state index in [2.05, 4.69) is 16.8 Å². The molecular weight excluding hydrogens is 276 g/mol. The van der Waals surface area contributed by atoms with E-state index in [1.54, 1.807) is 19.2 Å². The maximum Gasteiger partial charge on any atom is 0.184 e. The van der Waals surface area contributed by atoms with E-state index < -0.39 is 0 Å². The molecule has 120 valence electrons. The Hall–Kier alpha value is -1.84. The van der Waals surface area contributed by atoms with Gasteiger partial charge in [-0.05, 0) is 43.5 Å². The Morgan fingerprint density at radius 3 is 2.68 bits per heavy atom. The summed E-state index contributed by atoms with van der Waals surface area (Å²) in [6, 6.07) is 7.24. The maximum absolute atomic E-state index is 12.3. The fourth-order valence-corrected chi connectivity index (χ4v) is 2.77. The average molecular weight is 302 g/mol. The predicted octanol–water partition coefficient (Wildman–Crippen LogP) is 3.56. The van der Waals surface area contributed by atoms with Crippen LogP contribution in [0.2, 0.25) is 0 Å². The molecule has 4 heteroatoms. The van der Waals surface area contributed by atoms with Gasteiger partial charge in [-0.3, -0.25) is 9.79 Å². The molecule has 1 heterocycles. The Morgan fingerprint density at radius 1 is 1.23 bits per heavy atom. The number of carbonyl (C=O) groups excluding carboxylic acids is 1. The molecule has 4 nitrogen and oxygen atoms in total. The van der Waals surface area contributed by atoms with E-state index in [0.29, 0.717) is 5.56 Å². The highest BCUT2D eigenvalue weighted by Gasteiger charge is 2.14. The standard InChI is InChI=1S/C18H26N2O2/c1-3-12-20-13-6-4-5-7-18(20)19-14-17(21)15-8-10-16(22-2)11-9-15/h8-11H,3-7,12-14H2,1-2H3/b19-18+. The minimum absolute atomic E-state index is 0.0656. The third kappa shape index (κ3) is 4.58. The second kappa shape index (κ2) is 8.57. The Balaban J connectivity index is 2.01. The fraction of sp³-hybridized carbons (Fsp3) is 0.556. The number of rotatable bonds is 6. The zero-order chi connectivity index (χ0) is 15.8.